The van der Waals surface area contributed by atoms with Crippen molar-refractivity contribution < 1.29 is 14.6 Å². The van der Waals surface area contributed by atoms with Crippen LogP contribution in [0.3, 0.4) is 0 Å². The molecule has 2 atom stereocenters. The van der Waals surface area contributed by atoms with Gasteiger partial charge in [-0.05, 0) is 45.9 Å². The van der Waals surface area contributed by atoms with Crippen LogP contribution in [0.15, 0.2) is 28.7 Å². The van der Waals surface area contributed by atoms with E-state index in [0.29, 0.717) is 5.56 Å². The van der Waals surface area contributed by atoms with Gasteiger partial charge in [0.2, 0.25) is 0 Å². The van der Waals surface area contributed by atoms with Gasteiger partial charge in [0.25, 0.3) is 0 Å². The lowest BCUT2D eigenvalue weighted by atomic mass is 10.0. The molecular weight excluding hydrogens is 254 g/mol. The second-order valence-corrected chi connectivity index (χ2v) is 5.19. The van der Waals surface area contributed by atoms with Crippen molar-refractivity contribution in [3.05, 3.63) is 46.9 Å². The SMILES string of the molecule is Cc1cc(C(C)NC(C)c2c(O)cccc2O)c(C)o1. The van der Waals surface area contributed by atoms with E-state index in [9.17, 15) is 10.2 Å². The third-order valence-electron chi connectivity index (χ3n) is 3.54. The van der Waals surface area contributed by atoms with Gasteiger partial charge in [0.1, 0.15) is 23.0 Å². The quantitative estimate of drug-likeness (QED) is 0.795. The van der Waals surface area contributed by atoms with Gasteiger partial charge in [-0.25, -0.2) is 0 Å². The zero-order valence-corrected chi connectivity index (χ0v) is 12.3. The number of hydrogen-bond donors (Lipinski definition) is 3. The smallest absolute Gasteiger partial charge is 0.124 e. The van der Waals surface area contributed by atoms with Crippen molar-refractivity contribution in [3.63, 3.8) is 0 Å². The van der Waals surface area contributed by atoms with Gasteiger partial charge in [0, 0.05) is 17.6 Å². The van der Waals surface area contributed by atoms with Crippen LogP contribution < -0.4 is 5.32 Å². The van der Waals surface area contributed by atoms with Crippen molar-refractivity contribution in [1.29, 1.82) is 0 Å². The third-order valence-corrected chi connectivity index (χ3v) is 3.54. The molecule has 0 aliphatic rings. The zero-order chi connectivity index (χ0) is 14.9. The van der Waals surface area contributed by atoms with E-state index in [4.69, 9.17) is 4.42 Å². The van der Waals surface area contributed by atoms with Gasteiger partial charge in [0.05, 0.1) is 5.56 Å². The largest absolute Gasteiger partial charge is 0.507 e. The maximum atomic E-state index is 9.89. The van der Waals surface area contributed by atoms with Gasteiger partial charge >= 0.3 is 0 Å². The highest BCUT2D eigenvalue weighted by molar-refractivity contribution is 5.45. The van der Waals surface area contributed by atoms with Crippen LogP contribution in [0.1, 0.15) is 48.6 Å². The lowest BCUT2D eigenvalue weighted by molar-refractivity contribution is 0.405. The Morgan fingerprint density at radius 2 is 1.65 bits per heavy atom. The fourth-order valence-corrected chi connectivity index (χ4v) is 2.61. The first kappa shape index (κ1) is 14.5. The minimum absolute atomic E-state index is 0.0569. The summed E-state index contributed by atoms with van der Waals surface area (Å²) in [4.78, 5) is 0. The van der Waals surface area contributed by atoms with Gasteiger partial charge in [-0.1, -0.05) is 6.07 Å². The molecule has 0 aliphatic carbocycles. The van der Waals surface area contributed by atoms with Crippen LogP contribution in [-0.4, -0.2) is 10.2 Å². The molecule has 2 unspecified atom stereocenters. The van der Waals surface area contributed by atoms with E-state index < -0.39 is 0 Å². The molecule has 0 bridgehead atoms. The molecule has 4 nitrogen and oxygen atoms in total. The van der Waals surface area contributed by atoms with Crippen LogP contribution in [-0.2, 0) is 0 Å². The maximum absolute atomic E-state index is 9.89. The standard InChI is InChI=1S/C16H21NO3/c1-9-8-13(12(4)20-9)10(2)17-11(3)16-14(18)6-5-7-15(16)19/h5-8,10-11,17-19H,1-4H3. The van der Waals surface area contributed by atoms with E-state index in [0.717, 1.165) is 17.1 Å². The van der Waals surface area contributed by atoms with Gasteiger partial charge in [-0.15, -0.1) is 0 Å². The number of benzene rings is 1. The summed E-state index contributed by atoms with van der Waals surface area (Å²) < 4.78 is 5.53. The molecule has 0 saturated heterocycles. The predicted molar refractivity (Wildman–Crippen MR) is 77.9 cm³/mol. The first-order valence-corrected chi connectivity index (χ1v) is 6.74. The maximum Gasteiger partial charge on any atom is 0.124 e. The van der Waals surface area contributed by atoms with E-state index >= 15 is 0 Å². The second kappa shape index (κ2) is 5.59. The number of phenols is 2. The minimum Gasteiger partial charge on any atom is -0.507 e. The average molecular weight is 275 g/mol. The number of hydrogen-bond acceptors (Lipinski definition) is 4. The lowest BCUT2D eigenvalue weighted by Crippen LogP contribution is -2.22. The molecule has 108 valence electrons. The van der Waals surface area contributed by atoms with E-state index in [1.54, 1.807) is 18.2 Å². The van der Waals surface area contributed by atoms with Crippen LogP contribution >= 0.6 is 0 Å². The van der Waals surface area contributed by atoms with Gasteiger partial charge in [-0.2, -0.15) is 0 Å². The number of aryl methyl sites for hydroxylation is 2. The highest BCUT2D eigenvalue weighted by atomic mass is 16.3. The number of furan rings is 1. The molecule has 1 heterocycles. The summed E-state index contributed by atoms with van der Waals surface area (Å²) in [6.07, 6.45) is 0. The first-order chi connectivity index (χ1) is 9.40. The molecule has 0 fully saturated rings. The summed E-state index contributed by atoms with van der Waals surface area (Å²) in [5.41, 5.74) is 1.60. The molecule has 1 aromatic carbocycles. The first-order valence-electron chi connectivity index (χ1n) is 6.74. The Morgan fingerprint density at radius 1 is 1.05 bits per heavy atom. The summed E-state index contributed by atoms with van der Waals surface area (Å²) in [7, 11) is 0. The van der Waals surface area contributed by atoms with Crippen LogP contribution in [0.2, 0.25) is 0 Å². The Balaban J connectivity index is 2.19. The summed E-state index contributed by atoms with van der Waals surface area (Å²) in [6, 6.07) is 6.65. The molecule has 0 saturated carbocycles. The molecule has 3 N–H and O–H groups in total. The fourth-order valence-electron chi connectivity index (χ4n) is 2.61. The van der Waals surface area contributed by atoms with E-state index in [2.05, 4.69) is 5.32 Å². The average Bonchev–Trinajstić information content (AvgIpc) is 2.68. The van der Waals surface area contributed by atoms with Crippen molar-refractivity contribution in [3.8, 4) is 11.5 Å². The normalized spacial score (nSPS) is 14.2. The van der Waals surface area contributed by atoms with E-state index in [1.807, 2.05) is 33.8 Å². The molecule has 2 aromatic rings. The Labute approximate surface area is 119 Å². The summed E-state index contributed by atoms with van der Waals surface area (Å²) in [5.74, 6) is 1.95. The molecule has 0 aliphatic heterocycles. The van der Waals surface area contributed by atoms with Crippen molar-refractivity contribution >= 4 is 0 Å². The van der Waals surface area contributed by atoms with Crippen LogP contribution in [0, 0.1) is 13.8 Å². The van der Waals surface area contributed by atoms with Crippen molar-refractivity contribution in [1.82, 2.24) is 5.32 Å². The zero-order valence-electron chi connectivity index (χ0n) is 12.3. The summed E-state index contributed by atoms with van der Waals surface area (Å²) >= 11 is 0. The fraction of sp³-hybridized carbons (Fsp3) is 0.375. The molecule has 0 radical (unpaired) electrons. The molecular formula is C16H21NO3. The van der Waals surface area contributed by atoms with E-state index in [-0.39, 0.29) is 23.6 Å². The van der Waals surface area contributed by atoms with Crippen molar-refractivity contribution in [2.24, 2.45) is 0 Å². The molecule has 0 amide bonds. The number of aromatic hydroxyl groups is 2. The van der Waals surface area contributed by atoms with Gasteiger partial charge in [-0.3, -0.25) is 0 Å². The van der Waals surface area contributed by atoms with Crippen LogP contribution in [0.5, 0.6) is 11.5 Å². The minimum atomic E-state index is -0.180. The number of rotatable bonds is 4. The number of phenolic OH excluding ortho intramolecular Hbond substituents is 2. The Hall–Kier alpha value is -1.94. The molecule has 0 spiro atoms. The summed E-state index contributed by atoms with van der Waals surface area (Å²) in [6.45, 7) is 7.79. The Morgan fingerprint density at radius 3 is 2.15 bits per heavy atom. The van der Waals surface area contributed by atoms with E-state index in [1.165, 1.54) is 0 Å². The van der Waals surface area contributed by atoms with Crippen molar-refractivity contribution in [2.75, 3.05) is 0 Å². The topological polar surface area (TPSA) is 65.6 Å². The Bertz CT molecular complexity index is 584. The van der Waals surface area contributed by atoms with Crippen LogP contribution in [0.4, 0.5) is 0 Å². The highest BCUT2D eigenvalue weighted by Crippen LogP contribution is 2.34. The lowest BCUT2D eigenvalue weighted by Gasteiger charge is -2.21. The third kappa shape index (κ3) is 2.80. The molecule has 4 heteroatoms. The monoisotopic (exact) mass is 275 g/mol. The number of nitrogens with one attached hydrogen (secondary N) is 1. The molecule has 1 aromatic heterocycles. The molecule has 20 heavy (non-hydrogen) atoms. The second-order valence-electron chi connectivity index (χ2n) is 5.19. The van der Waals surface area contributed by atoms with Crippen molar-refractivity contribution in [2.45, 2.75) is 39.8 Å². The highest BCUT2D eigenvalue weighted by Gasteiger charge is 2.19. The van der Waals surface area contributed by atoms with Gasteiger partial charge < -0.3 is 19.9 Å². The predicted octanol–water partition coefficient (Wildman–Crippen LogP) is 3.72. The van der Waals surface area contributed by atoms with Crippen LogP contribution in [0.25, 0.3) is 0 Å². The summed E-state index contributed by atoms with van der Waals surface area (Å²) in [5, 5.41) is 23.1. The molecule has 2 rings (SSSR count). The van der Waals surface area contributed by atoms with Gasteiger partial charge in [0.15, 0.2) is 0 Å². The Kier molecular flexibility index (Phi) is 4.04.